The SMILES string of the molecule is CC.Cc1ccccc1Oc1ccccc1F. The van der Waals surface area contributed by atoms with Crippen molar-refractivity contribution in [3.63, 3.8) is 0 Å². The zero-order chi connectivity index (χ0) is 12.7. The van der Waals surface area contributed by atoms with E-state index in [1.807, 2.05) is 45.0 Å². The Morgan fingerprint density at radius 2 is 1.35 bits per heavy atom. The lowest BCUT2D eigenvalue weighted by atomic mass is 10.2. The number of aryl methyl sites for hydroxylation is 1. The molecule has 0 atom stereocenters. The van der Waals surface area contributed by atoms with Crippen LogP contribution in [-0.4, -0.2) is 0 Å². The fraction of sp³-hybridized carbons (Fsp3) is 0.200. The highest BCUT2D eigenvalue weighted by atomic mass is 19.1. The van der Waals surface area contributed by atoms with Gasteiger partial charge in [0.25, 0.3) is 0 Å². The fourth-order valence-corrected chi connectivity index (χ4v) is 1.32. The Labute approximate surface area is 102 Å². The molecule has 0 N–H and O–H groups in total. The van der Waals surface area contributed by atoms with Crippen LogP contribution in [0.4, 0.5) is 4.39 Å². The minimum Gasteiger partial charge on any atom is -0.454 e. The summed E-state index contributed by atoms with van der Waals surface area (Å²) in [5, 5.41) is 0. The second kappa shape index (κ2) is 6.69. The first-order valence-corrected chi connectivity index (χ1v) is 5.75. The Bertz CT molecular complexity index is 422. The van der Waals surface area contributed by atoms with E-state index >= 15 is 0 Å². The molecule has 0 fully saturated rings. The number of para-hydroxylation sites is 2. The van der Waals surface area contributed by atoms with Crippen molar-refractivity contribution >= 4 is 0 Å². The summed E-state index contributed by atoms with van der Waals surface area (Å²) in [7, 11) is 0. The Hall–Kier alpha value is -1.83. The van der Waals surface area contributed by atoms with Gasteiger partial charge in [0, 0.05) is 0 Å². The number of ether oxygens (including phenoxy) is 1. The molecule has 17 heavy (non-hydrogen) atoms. The first-order chi connectivity index (χ1) is 8.27. The van der Waals surface area contributed by atoms with E-state index in [0.717, 1.165) is 5.56 Å². The van der Waals surface area contributed by atoms with Crippen molar-refractivity contribution in [2.24, 2.45) is 0 Å². The van der Waals surface area contributed by atoms with E-state index < -0.39 is 0 Å². The van der Waals surface area contributed by atoms with Crippen LogP contribution in [0, 0.1) is 12.7 Å². The molecule has 90 valence electrons. The molecule has 0 saturated carbocycles. The van der Waals surface area contributed by atoms with E-state index in [2.05, 4.69) is 0 Å². The number of halogens is 1. The summed E-state index contributed by atoms with van der Waals surface area (Å²) in [5.41, 5.74) is 0.987. The summed E-state index contributed by atoms with van der Waals surface area (Å²) < 4.78 is 18.7. The van der Waals surface area contributed by atoms with Gasteiger partial charge in [-0.3, -0.25) is 0 Å². The largest absolute Gasteiger partial charge is 0.454 e. The van der Waals surface area contributed by atoms with Crippen molar-refractivity contribution in [3.8, 4) is 11.5 Å². The van der Waals surface area contributed by atoms with Gasteiger partial charge >= 0.3 is 0 Å². The Morgan fingerprint density at radius 1 is 0.824 bits per heavy atom. The molecule has 2 heteroatoms. The predicted octanol–water partition coefficient (Wildman–Crippen LogP) is 4.95. The lowest BCUT2D eigenvalue weighted by molar-refractivity contribution is 0.439. The van der Waals surface area contributed by atoms with Crippen LogP contribution in [0.15, 0.2) is 48.5 Å². The molecule has 0 radical (unpaired) electrons. The third-order valence-corrected chi connectivity index (χ3v) is 2.15. The Morgan fingerprint density at radius 3 is 1.94 bits per heavy atom. The highest BCUT2D eigenvalue weighted by molar-refractivity contribution is 5.37. The molecule has 0 spiro atoms. The second-order valence-corrected chi connectivity index (χ2v) is 3.30. The summed E-state index contributed by atoms with van der Waals surface area (Å²) in [4.78, 5) is 0. The minimum atomic E-state index is -0.347. The number of benzene rings is 2. The maximum absolute atomic E-state index is 13.3. The topological polar surface area (TPSA) is 9.23 Å². The maximum atomic E-state index is 13.3. The van der Waals surface area contributed by atoms with Crippen LogP contribution in [0.3, 0.4) is 0 Å². The van der Waals surface area contributed by atoms with Crippen molar-refractivity contribution in [2.45, 2.75) is 20.8 Å². The van der Waals surface area contributed by atoms with Crippen LogP contribution >= 0.6 is 0 Å². The van der Waals surface area contributed by atoms with Crippen LogP contribution in [0.25, 0.3) is 0 Å². The molecule has 1 nitrogen and oxygen atoms in total. The highest BCUT2D eigenvalue weighted by Crippen LogP contribution is 2.26. The van der Waals surface area contributed by atoms with E-state index in [1.54, 1.807) is 18.2 Å². The predicted molar refractivity (Wildman–Crippen MR) is 69.0 cm³/mol. The molecule has 0 aliphatic rings. The fourth-order valence-electron chi connectivity index (χ4n) is 1.32. The lowest BCUT2D eigenvalue weighted by Crippen LogP contribution is -1.89. The van der Waals surface area contributed by atoms with E-state index in [1.165, 1.54) is 6.07 Å². The van der Waals surface area contributed by atoms with Gasteiger partial charge in [-0.05, 0) is 30.7 Å². The van der Waals surface area contributed by atoms with Gasteiger partial charge in [0.2, 0.25) is 0 Å². The molecule has 0 bridgehead atoms. The molecule has 0 aromatic heterocycles. The van der Waals surface area contributed by atoms with Gasteiger partial charge in [-0.25, -0.2) is 4.39 Å². The van der Waals surface area contributed by atoms with Gasteiger partial charge in [0.15, 0.2) is 11.6 Å². The normalized spacial score (nSPS) is 9.18. The maximum Gasteiger partial charge on any atom is 0.165 e. The highest BCUT2D eigenvalue weighted by Gasteiger charge is 2.04. The molecule has 0 unspecified atom stereocenters. The lowest BCUT2D eigenvalue weighted by Gasteiger charge is -2.08. The van der Waals surface area contributed by atoms with Crippen LogP contribution in [0.2, 0.25) is 0 Å². The van der Waals surface area contributed by atoms with Crippen LogP contribution < -0.4 is 4.74 Å². The molecule has 0 heterocycles. The van der Waals surface area contributed by atoms with Crippen LogP contribution in [-0.2, 0) is 0 Å². The van der Waals surface area contributed by atoms with Gasteiger partial charge in [0.1, 0.15) is 5.75 Å². The standard InChI is InChI=1S/C13H11FO.C2H6/c1-10-6-2-4-8-12(10)15-13-9-5-3-7-11(13)14;1-2/h2-9H,1H3;1-2H3. The van der Waals surface area contributed by atoms with Crippen molar-refractivity contribution in [1.82, 2.24) is 0 Å². The van der Waals surface area contributed by atoms with Gasteiger partial charge in [-0.15, -0.1) is 0 Å². The van der Waals surface area contributed by atoms with E-state index in [0.29, 0.717) is 5.75 Å². The van der Waals surface area contributed by atoms with Gasteiger partial charge in [-0.2, -0.15) is 0 Å². The van der Waals surface area contributed by atoms with E-state index in [-0.39, 0.29) is 11.6 Å². The van der Waals surface area contributed by atoms with Gasteiger partial charge in [0.05, 0.1) is 0 Å². The Kier molecular flexibility index (Phi) is 5.21. The Balaban J connectivity index is 0.000000686. The summed E-state index contributed by atoms with van der Waals surface area (Å²) in [6, 6.07) is 13.9. The van der Waals surface area contributed by atoms with Gasteiger partial charge in [-0.1, -0.05) is 44.2 Å². The summed E-state index contributed by atoms with van der Waals surface area (Å²) >= 11 is 0. The second-order valence-electron chi connectivity index (χ2n) is 3.30. The average molecular weight is 232 g/mol. The zero-order valence-electron chi connectivity index (χ0n) is 10.4. The van der Waals surface area contributed by atoms with Crippen molar-refractivity contribution in [2.75, 3.05) is 0 Å². The van der Waals surface area contributed by atoms with Crippen molar-refractivity contribution in [3.05, 3.63) is 59.9 Å². The van der Waals surface area contributed by atoms with Crippen LogP contribution in [0.1, 0.15) is 19.4 Å². The quantitative estimate of drug-likeness (QED) is 0.711. The monoisotopic (exact) mass is 232 g/mol. The van der Waals surface area contributed by atoms with Crippen molar-refractivity contribution < 1.29 is 9.13 Å². The number of rotatable bonds is 2. The van der Waals surface area contributed by atoms with Gasteiger partial charge < -0.3 is 4.74 Å². The summed E-state index contributed by atoms with van der Waals surface area (Å²) in [6.45, 7) is 5.93. The third kappa shape index (κ3) is 3.59. The molecule has 0 aliphatic carbocycles. The summed E-state index contributed by atoms with van der Waals surface area (Å²) in [6.07, 6.45) is 0. The first-order valence-electron chi connectivity index (χ1n) is 5.75. The molecule has 2 rings (SSSR count). The van der Waals surface area contributed by atoms with Crippen molar-refractivity contribution in [1.29, 1.82) is 0 Å². The third-order valence-electron chi connectivity index (χ3n) is 2.15. The molecule has 2 aromatic carbocycles. The molecule has 0 saturated heterocycles. The smallest absolute Gasteiger partial charge is 0.165 e. The zero-order valence-corrected chi connectivity index (χ0v) is 10.4. The van der Waals surface area contributed by atoms with Crippen LogP contribution in [0.5, 0.6) is 11.5 Å². The molecule has 0 amide bonds. The molecular weight excluding hydrogens is 215 g/mol. The first kappa shape index (κ1) is 13.2. The number of hydrogen-bond acceptors (Lipinski definition) is 1. The average Bonchev–Trinajstić information content (AvgIpc) is 2.37. The van der Waals surface area contributed by atoms with E-state index in [4.69, 9.17) is 4.74 Å². The molecule has 2 aromatic rings. The molecule has 0 aliphatic heterocycles. The molecular formula is C15H17FO. The minimum absolute atomic E-state index is 0.256. The number of hydrogen-bond donors (Lipinski definition) is 0. The van der Waals surface area contributed by atoms with E-state index in [9.17, 15) is 4.39 Å². The summed E-state index contributed by atoms with van der Waals surface area (Å²) in [5.74, 6) is 0.593.